The second-order valence-corrected chi connectivity index (χ2v) is 10.8. The van der Waals surface area contributed by atoms with Crippen molar-refractivity contribution in [2.75, 3.05) is 23.6 Å². The number of rotatable bonds is 6. The summed E-state index contributed by atoms with van der Waals surface area (Å²) >= 11 is 0. The molecule has 0 bridgehead atoms. The van der Waals surface area contributed by atoms with Crippen molar-refractivity contribution in [3.05, 3.63) is 42.0 Å². The molecule has 0 unspecified atom stereocenters. The Labute approximate surface area is 186 Å². The highest BCUT2D eigenvalue weighted by Crippen LogP contribution is 2.38. The minimum Gasteiger partial charge on any atom is -0.454 e. The number of anilines is 2. The van der Waals surface area contributed by atoms with Crippen LogP contribution >= 0.6 is 0 Å². The van der Waals surface area contributed by atoms with Gasteiger partial charge in [-0.15, -0.1) is 0 Å². The van der Waals surface area contributed by atoms with Crippen LogP contribution in [0.2, 0.25) is 0 Å². The zero-order valence-corrected chi connectivity index (χ0v) is 18.5. The van der Waals surface area contributed by atoms with Crippen LogP contribution in [0.25, 0.3) is 0 Å². The van der Waals surface area contributed by atoms with Gasteiger partial charge in [-0.3, -0.25) is 9.59 Å². The minimum atomic E-state index is -3.71. The molecular weight excluding hydrogens is 432 g/mol. The van der Waals surface area contributed by atoms with Crippen LogP contribution in [0, 0.1) is 5.92 Å². The fourth-order valence-electron chi connectivity index (χ4n) is 4.12. The molecule has 1 saturated carbocycles. The predicted molar refractivity (Wildman–Crippen MR) is 118 cm³/mol. The zero-order valence-electron chi connectivity index (χ0n) is 17.7. The van der Waals surface area contributed by atoms with Crippen molar-refractivity contribution in [2.24, 2.45) is 5.92 Å². The van der Waals surface area contributed by atoms with Crippen LogP contribution in [0.5, 0.6) is 11.5 Å². The predicted octanol–water partition coefficient (Wildman–Crippen LogP) is 2.91. The second kappa shape index (κ2) is 7.81. The summed E-state index contributed by atoms with van der Waals surface area (Å²) in [4.78, 5) is 26.9. The van der Waals surface area contributed by atoms with Crippen LogP contribution in [0.4, 0.5) is 11.4 Å². The van der Waals surface area contributed by atoms with Gasteiger partial charge in [-0.2, -0.15) is 0 Å². The molecule has 0 spiro atoms. The molecule has 1 fully saturated rings. The Bertz CT molecular complexity index is 1200. The summed E-state index contributed by atoms with van der Waals surface area (Å²) in [6.07, 6.45) is 2.32. The first-order chi connectivity index (χ1) is 15.3. The number of benzene rings is 2. The van der Waals surface area contributed by atoms with Crippen LogP contribution < -0.4 is 19.7 Å². The highest BCUT2D eigenvalue weighted by molar-refractivity contribution is 7.92. The number of carbonyl (C=O) groups excluding carboxylic acids is 2. The largest absolute Gasteiger partial charge is 0.454 e. The zero-order chi connectivity index (χ0) is 22.5. The van der Waals surface area contributed by atoms with Crippen LogP contribution in [-0.4, -0.2) is 38.8 Å². The van der Waals surface area contributed by atoms with E-state index < -0.39 is 21.0 Å². The Kier molecular flexibility index (Phi) is 5.08. The van der Waals surface area contributed by atoms with E-state index in [9.17, 15) is 18.0 Å². The van der Waals surface area contributed by atoms with Crippen molar-refractivity contribution in [3.63, 3.8) is 0 Å². The Morgan fingerprint density at radius 3 is 2.69 bits per heavy atom. The molecule has 0 saturated heterocycles. The molecule has 1 N–H and O–H groups in total. The van der Waals surface area contributed by atoms with Crippen molar-refractivity contribution < 1.29 is 27.5 Å². The number of nitrogens with zero attached hydrogens (tertiary/aromatic N) is 1. The summed E-state index contributed by atoms with van der Waals surface area (Å²) < 4.78 is 36.8. The Balaban J connectivity index is 1.27. The highest BCUT2D eigenvalue weighted by atomic mass is 32.2. The van der Waals surface area contributed by atoms with Crippen LogP contribution in [0.1, 0.15) is 31.7 Å². The molecule has 2 aromatic carbocycles. The maximum atomic E-state index is 13.1. The molecule has 168 valence electrons. The quantitative estimate of drug-likeness (QED) is 0.717. The van der Waals surface area contributed by atoms with E-state index in [0.717, 1.165) is 24.1 Å². The van der Waals surface area contributed by atoms with Gasteiger partial charge in [0.15, 0.2) is 21.3 Å². The van der Waals surface area contributed by atoms with Gasteiger partial charge in [-0.25, -0.2) is 8.42 Å². The SMILES string of the molecule is C[C@@H](CC(=O)Nc1ccc2c(c1)OCO2)S(=O)(=O)c1ccc2c(c1)CCN2C(=O)C1CC1. The van der Waals surface area contributed by atoms with Gasteiger partial charge in [-0.05, 0) is 62.1 Å². The Morgan fingerprint density at radius 2 is 1.91 bits per heavy atom. The molecular formula is C23H24N2O6S. The lowest BCUT2D eigenvalue weighted by Crippen LogP contribution is -2.30. The van der Waals surface area contributed by atoms with Gasteiger partial charge in [0.1, 0.15) is 0 Å². The molecule has 0 aromatic heterocycles. The van der Waals surface area contributed by atoms with Gasteiger partial charge in [0.25, 0.3) is 0 Å². The number of fused-ring (bicyclic) bond motifs is 2. The number of amides is 2. The average molecular weight is 457 g/mol. The molecule has 0 radical (unpaired) electrons. The van der Waals surface area contributed by atoms with Crippen molar-refractivity contribution >= 4 is 33.0 Å². The number of nitrogens with one attached hydrogen (secondary N) is 1. The van der Waals surface area contributed by atoms with Gasteiger partial charge >= 0.3 is 0 Å². The highest BCUT2D eigenvalue weighted by Gasteiger charge is 2.37. The third kappa shape index (κ3) is 3.81. The van der Waals surface area contributed by atoms with Gasteiger partial charge < -0.3 is 19.7 Å². The topological polar surface area (TPSA) is 102 Å². The molecule has 1 aliphatic carbocycles. The van der Waals surface area contributed by atoms with E-state index in [2.05, 4.69) is 5.32 Å². The van der Waals surface area contributed by atoms with E-state index in [4.69, 9.17) is 9.47 Å². The van der Waals surface area contributed by atoms with E-state index in [-0.39, 0.29) is 29.9 Å². The van der Waals surface area contributed by atoms with E-state index in [1.165, 1.54) is 6.92 Å². The monoisotopic (exact) mass is 456 g/mol. The number of sulfone groups is 1. The molecule has 2 amide bonds. The molecule has 9 heteroatoms. The molecule has 2 aromatic rings. The van der Waals surface area contributed by atoms with E-state index in [1.54, 1.807) is 41.3 Å². The van der Waals surface area contributed by atoms with E-state index >= 15 is 0 Å². The standard InChI is InChI=1S/C23H24N2O6S/c1-14(10-22(26)24-17-4-7-20-21(12-17)31-13-30-20)32(28,29)18-5-6-19-16(11-18)8-9-25(19)23(27)15-2-3-15/h4-7,11-12,14-15H,2-3,8-10,13H2,1H3,(H,24,26)/t14-/m0/s1. The number of ether oxygens (including phenoxy) is 2. The first-order valence-electron chi connectivity index (χ1n) is 10.7. The molecule has 3 aliphatic rings. The molecule has 2 aliphatic heterocycles. The summed E-state index contributed by atoms with van der Waals surface area (Å²) in [6.45, 7) is 2.25. The van der Waals surface area contributed by atoms with E-state index in [1.807, 2.05) is 0 Å². The first kappa shape index (κ1) is 20.8. The number of hydrogen-bond acceptors (Lipinski definition) is 6. The van der Waals surface area contributed by atoms with Gasteiger partial charge in [-0.1, -0.05) is 0 Å². The second-order valence-electron chi connectivity index (χ2n) is 8.48. The van der Waals surface area contributed by atoms with Gasteiger partial charge in [0.2, 0.25) is 18.6 Å². The van der Waals surface area contributed by atoms with Crippen molar-refractivity contribution in [2.45, 2.75) is 42.8 Å². The lowest BCUT2D eigenvalue weighted by atomic mass is 10.2. The summed E-state index contributed by atoms with van der Waals surface area (Å²) in [5.41, 5.74) is 2.17. The smallest absolute Gasteiger partial charge is 0.231 e. The Morgan fingerprint density at radius 1 is 1.12 bits per heavy atom. The molecule has 8 nitrogen and oxygen atoms in total. The summed E-state index contributed by atoms with van der Waals surface area (Å²) in [6, 6.07) is 9.93. The molecule has 5 rings (SSSR count). The fourth-order valence-corrected chi connectivity index (χ4v) is 5.52. The summed E-state index contributed by atoms with van der Waals surface area (Å²) in [7, 11) is -3.71. The maximum absolute atomic E-state index is 13.1. The maximum Gasteiger partial charge on any atom is 0.231 e. The van der Waals surface area contributed by atoms with Crippen LogP contribution in [0.15, 0.2) is 41.3 Å². The molecule has 2 heterocycles. The van der Waals surface area contributed by atoms with Crippen molar-refractivity contribution in [1.29, 1.82) is 0 Å². The Hall–Kier alpha value is -3.07. The minimum absolute atomic E-state index is 0.118. The van der Waals surface area contributed by atoms with Crippen LogP contribution in [0.3, 0.4) is 0 Å². The molecule has 1 atom stereocenters. The third-order valence-corrected chi connectivity index (χ3v) is 8.26. The third-order valence-electron chi connectivity index (χ3n) is 6.13. The van der Waals surface area contributed by atoms with Crippen LogP contribution in [-0.2, 0) is 25.8 Å². The lowest BCUT2D eigenvalue weighted by molar-refractivity contribution is -0.119. The lowest BCUT2D eigenvalue weighted by Gasteiger charge is -2.18. The van der Waals surface area contributed by atoms with Gasteiger partial charge in [0, 0.05) is 36.3 Å². The average Bonchev–Trinajstić information content (AvgIpc) is 3.36. The normalized spacial score (nSPS) is 17.7. The first-order valence-corrected chi connectivity index (χ1v) is 12.3. The van der Waals surface area contributed by atoms with E-state index in [0.29, 0.717) is 30.2 Å². The van der Waals surface area contributed by atoms with Crippen molar-refractivity contribution in [3.8, 4) is 11.5 Å². The fraction of sp³-hybridized carbons (Fsp3) is 0.391. The summed E-state index contributed by atoms with van der Waals surface area (Å²) in [5.74, 6) is 0.992. The molecule has 32 heavy (non-hydrogen) atoms. The van der Waals surface area contributed by atoms with Crippen molar-refractivity contribution in [1.82, 2.24) is 0 Å². The van der Waals surface area contributed by atoms with Gasteiger partial charge in [0.05, 0.1) is 10.1 Å². The summed E-state index contributed by atoms with van der Waals surface area (Å²) in [5, 5.41) is 1.82. The number of hydrogen-bond donors (Lipinski definition) is 1. The number of carbonyl (C=O) groups is 2.